The van der Waals surface area contributed by atoms with Crippen LogP contribution in [0.15, 0.2) is 0 Å². The molecule has 1 fully saturated rings. The van der Waals surface area contributed by atoms with Crippen LogP contribution in [0.4, 0.5) is 0 Å². The maximum atomic E-state index is 12.9. The molecule has 1 aliphatic rings. The molecule has 5 heteroatoms. The van der Waals surface area contributed by atoms with Crippen LogP contribution >= 0.6 is 0 Å². The Kier molecular flexibility index (Phi) is 4.42. The van der Waals surface area contributed by atoms with Crippen molar-refractivity contribution in [2.75, 3.05) is 13.1 Å². The Hall–Kier alpha value is -1.36. The van der Waals surface area contributed by atoms with Gasteiger partial charge in [0.1, 0.15) is 0 Å². The average molecular weight is 292 g/mol. The quantitative estimate of drug-likeness (QED) is 0.928. The standard InChI is InChI=1S/C16H28N4O/c1-6-8-20-12(3)14(11(2)18-20)15(21)19-9-7-13(17)16(4,5)10-19/h13H,6-10,17H2,1-5H3. The second-order valence-corrected chi connectivity index (χ2v) is 6.88. The number of carbonyl (C=O) groups is 1. The van der Waals surface area contributed by atoms with Crippen molar-refractivity contribution in [3.05, 3.63) is 17.0 Å². The molecule has 1 atom stereocenters. The lowest BCUT2D eigenvalue weighted by atomic mass is 9.79. The minimum atomic E-state index is -0.0326. The van der Waals surface area contributed by atoms with Gasteiger partial charge in [0.25, 0.3) is 5.91 Å². The van der Waals surface area contributed by atoms with Crippen LogP contribution in [0.25, 0.3) is 0 Å². The van der Waals surface area contributed by atoms with E-state index in [9.17, 15) is 4.79 Å². The van der Waals surface area contributed by atoms with E-state index < -0.39 is 0 Å². The van der Waals surface area contributed by atoms with Crippen molar-refractivity contribution in [3.8, 4) is 0 Å². The molecular formula is C16H28N4O. The number of piperidine rings is 1. The van der Waals surface area contributed by atoms with E-state index in [1.54, 1.807) is 0 Å². The molecule has 1 aromatic rings. The number of aryl methyl sites for hydroxylation is 2. The average Bonchev–Trinajstić information content (AvgIpc) is 2.67. The lowest BCUT2D eigenvalue weighted by Gasteiger charge is -2.42. The zero-order valence-electron chi connectivity index (χ0n) is 13.9. The van der Waals surface area contributed by atoms with Crippen LogP contribution in [-0.2, 0) is 6.54 Å². The number of hydrogen-bond donors (Lipinski definition) is 1. The van der Waals surface area contributed by atoms with Gasteiger partial charge in [-0.1, -0.05) is 20.8 Å². The van der Waals surface area contributed by atoms with Gasteiger partial charge in [-0.25, -0.2) is 0 Å². The highest BCUT2D eigenvalue weighted by Gasteiger charge is 2.36. The number of likely N-dealkylation sites (tertiary alicyclic amines) is 1. The van der Waals surface area contributed by atoms with E-state index in [0.717, 1.165) is 42.9 Å². The van der Waals surface area contributed by atoms with Crippen LogP contribution in [0.5, 0.6) is 0 Å². The van der Waals surface area contributed by atoms with E-state index in [4.69, 9.17) is 5.73 Å². The Morgan fingerprint density at radius 1 is 1.43 bits per heavy atom. The Morgan fingerprint density at radius 3 is 2.67 bits per heavy atom. The molecule has 2 heterocycles. The fourth-order valence-electron chi connectivity index (χ4n) is 3.14. The smallest absolute Gasteiger partial charge is 0.257 e. The molecule has 0 aliphatic carbocycles. The lowest BCUT2D eigenvalue weighted by molar-refractivity contribution is 0.0531. The first-order valence-electron chi connectivity index (χ1n) is 7.86. The predicted molar refractivity (Wildman–Crippen MR) is 84.3 cm³/mol. The Morgan fingerprint density at radius 2 is 2.10 bits per heavy atom. The van der Waals surface area contributed by atoms with E-state index in [1.165, 1.54) is 0 Å². The summed E-state index contributed by atoms with van der Waals surface area (Å²) in [6.07, 6.45) is 1.88. The molecule has 5 nitrogen and oxygen atoms in total. The molecule has 2 rings (SSSR count). The first kappa shape index (κ1) is 16.0. The van der Waals surface area contributed by atoms with E-state index in [2.05, 4.69) is 25.9 Å². The number of nitrogens with zero attached hydrogens (tertiary/aromatic N) is 3. The van der Waals surface area contributed by atoms with Crippen molar-refractivity contribution in [1.82, 2.24) is 14.7 Å². The topological polar surface area (TPSA) is 64.2 Å². The number of aromatic nitrogens is 2. The molecule has 2 N–H and O–H groups in total. The number of carbonyl (C=O) groups excluding carboxylic acids is 1. The first-order valence-corrected chi connectivity index (χ1v) is 7.86. The molecule has 1 unspecified atom stereocenters. The van der Waals surface area contributed by atoms with Gasteiger partial charge in [0.05, 0.1) is 11.3 Å². The number of amides is 1. The van der Waals surface area contributed by atoms with Crippen molar-refractivity contribution in [3.63, 3.8) is 0 Å². The van der Waals surface area contributed by atoms with Crippen LogP contribution in [0.2, 0.25) is 0 Å². The van der Waals surface area contributed by atoms with E-state index in [0.29, 0.717) is 6.54 Å². The van der Waals surface area contributed by atoms with Gasteiger partial charge in [-0.2, -0.15) is 5.10 Å². The third-order valence-corrected chi connectivity index (χ3v) is 4.63. The van der Waals surface area contributed by atoms with Crippen LogP contribution < -0.4 is 5.73 Å². The SMILES string of the molecule is CCCn1nc(C)c(C(=O)N2CCC(N)C(C)(C)C2)c1C. The molecule has 21 heavy (non-hydrogen) atoms. The van der Waals surface area contributed by atoms with Crippen LogP contribution in [-0.4, -0.2) is 39.7 Å². The van der Waals surface area contributed by atoms with Gasteiger partial charge in [-0.05, 0) is 32.1 Å². The first-order chi connectivity index (χ1) is 9.77. The fourth-order valence-corrected chi connectivity index (χ4v) is 3.14. The van der Waals surface area contributed by atoms with Crippen molar-refractivity contribution in [2.24, 2.45) is 11.1 Å². The van der Waals surface area contributed by atoms with Gasteiger partial charge in [-0.15, -0.1) is 0 Å². The van der Waals surface area contributed by atoms with Crippen molar-refractivity contribution in [1.29, 1.82) is 0 Å². The summed E-state index contributed by atoms with van der Waals surface area (Å²) in [4.78, 5) is 14.8. The molecule has 0 saturated carbocycles. The maximum absolute atomic E-state index is 12.9. The molecule has 0 bridgehead atoms. The van der Waals surface area contributed by atoms with Crippen LogP contribution in [0.1, 0.15) is 55.4 Å². The minimum Gasteiger partial charge on any atom is -0.338 e. The second kappa shape index (κ2) is 5.79. The minimum absolute atomic E-state index is 0.0326. The molecule has 1 aliphatic heterocycles. The third kappa shape index (κ3) is 2.98. The summed E-state index contributed by atoms with van der Waals surface area (Å²) < 4.78 is 1.95. The summed E-state index contributed by atoms with van der Waals surface area (Å²) in [6, 6.07) is 0.159. The summed E-state index contributed by atoms with van der Waals surface area (Å²) >= 11 is 0. The Bertz CT molecular complexity index is 533. The fraction of sp³-hybridized carbons (Fsp3) is 0.750. The van der Waals surface area contributed by atoms with Crippen LogP contribution in [0, 0.1) is 19.3 Å². The van der Waals surface area contributed by atoms with Gasteiger partial charge < -0.3 is 10.6 Å². The number of rotatable bonds is 3. The third-order valence-electron chi connectivity index (χ3n) is 4.63. The molecule has 1 aromatic heterocycles. The lowest BCUT2D eigenvalue weighted by Crippen LogP contribution is -2.54. The Labute approximate surface area is 127 Å². The van der Waals surface area contributed by atoms with Gasteiger partial charge in [0.15, 0.2) is 0 Å². The zero-order chi connectivity index (χ0) is 15.8. The summed E-state index contributed by atoms with van der Waals surface area (Å²) in [5.41, 5.74) is 8.71. The van der Waals surface area contributed by atoms with Gasteiger partial charge in [0, 0.05) is 31.4 Å². The maximum Gasteiger partial charge on any atom is 0.257 e. The van der Waals surface area contributed by atoms with Gasteiger partial charge in [0.2, 0.25) is 0 Å². The monoisotopic (exact) mass is 292 g/mol. The largest absolute Gasteiger partial charge is 0.338 e. The van der Waals surface area contributed by atoms with Gasteiger partial charge >= 0.3 is 0 Å². The molecule has 0 aromatic carbocycles. The highest BCUT2D eigenvalue weighted by Crippen LogP contribution is 2.29. The van der Waals surface area contributed by atoms with E-state index >= 15 is 0 Å². The normalized spacial score (nSPS) is 21.6. The zero-order valence-corrected chi connectivity index (χ0v) is 13.9. The summed E-state index contributed by atoms with van der Waals surface area (Å²) in [5, 5.41) is 4.51. The van der Waals surface area contributed by atoms with Crippen molar-refractivity contribution in [2.45, 2.75) is 60.0 Å². The second-order valence-electron chi connectivity index (χ2n) is 6.88. The highest BCUT2D eigenvalue weighted by molar-refractivity contribution is 5.96. The molecule has 1 saturated heterocycles. The van der Waals surface area contributed by atoms with Crippen molar-refractivity contribution < 1.29 is 4.79 Å². The number of nitrogens with two attached hydrogens (primary N) is 1. The Balaban J connectivity index is 2.25. The molecule has 118 valence electrons. The number of hydrogen-bond acceptors (Lipinski definition) is 3. The highest BCUT2D eigenvalue weighted by atomic mass is 16.2. The molecule has 1 amide bonds. The summed E-state index contributed by atoms with van der Waals surface area (Å²) in [7, 11) is 0. The van der Waals surface area contributed by atoms with Gasteiger partial charge in [-0.3, -0.25) is 9.48 Å². The predicted octanol–water partition coefficient (Wildman–Crippen LogP) is 2.11. The van der Waals surface area contributed by atoms with E-state index in [-0.39, 0.29) is 17.4 Å². The molecule has 0 spiro atoms. The summed E-state index contributed by atoms with van der Waals surface area (Å²) in [5.74, 6) is 0.104. The van der Waals surface area contributed by atoms with Crippen LogP contribution in [0.3, 0.4) is 0 Å². The molecule has 0 radical (unpaired) electrons. The van der Waals surface area contributed by atoms with E-state index in [1.807, 2.05) is 23.4 Å². The summed E-state index contributed by atoms with van der Waals surface area (Å²) in [6.45, 7) is 12.6. The molecular weight excluding hydrogens is 264 g/mol. The van der Waals surface area contributed by atoms with Crippen molar-refractivity contribution >= 4 is 5.91 Å².